The maximum Gasteiger partial charge on any atom is 0.0647 e. The monoisotopic (exact) mass is 324 g/mol. The number of rotatable bonds is 10. The molecule has 0 amide bonds. The zero-order chi connectivity index (χ0) is 17.0. The molecule has 0 bridgehead atoms. The van der Waals surface area contributed by atoms with Crippen molar-refractivity contribution < 1.29 is 5.11 Å². The second-order valence-corrected chi connectivity index (χ2v) is 6.65. The minimum atomic E-state index is 0.149. The van der Waals surface area contributed by atoms with E-state index in [1.165, 1.54) is 16.7 Å². The quantitative estimate of drug-likeness (QED) is 0.288. The van der Waals surface area contributed by atoms with Gasteiger partial charge in [0.05, 0.1) is 6.61 Å². The molecule has 1 nitrogen and oxygen atoms in total. The second-order valence-electron chi connectivity index (χ2n) is 6.38. The molecule has 0 aliphatic rings. The van der Waals surface area contributed by atoms with E-state index in [-0.39, 0.29) is 6.61 Å². The molecule has 0 rings (SSSR count). The summed E-state index contributed by atoms with van der Waals surface area (Å²) in [6.07, 6.45) is 13.1. The zero-order valence-corrected chi connectivity index (χ0v) is 15.7. The highest BCUT2D eigenvalue weighted by molar-refractivity contribution is 6.19. The third-order valence-corrected chi connectivity index (χ3v) is 4.20. The van der Waals surface area contributed by atoms with Crippen molar-refractivity contribution in [1.29, 1.82) is 0 Å². The fourth-order valence-corrected chi connectivity index (χ4v) is 2.12. The maximum absolute atomic E-state index is 9.28. The van der Waals surface area contributed by atoms with Crippen molar-refractivity contribution in [1.82, 2.24) is 0 Å². The molecule has 0 aromatic rings. The first-order valence-electron chi connectivity index (χ1n) is 8.25. The first kappa shape index (κ1) is 21.2. The van der Waals surface area contributed by atoms with E-state index < -0.39 is 0 Å². The van der Waals surface area contributed by atoms with E-state index in [0.717, 1.165) is 31.3 Å². The number of aliphatic hydroxyl groups is 1. The lowest BCUT2D eigenvalue weighted by molar-refractivity contribution is 0.318. The molecule has 0 aromatic heterocycles. The van der Waals surface area contributed by atoms with Crippen LogP contribution >= 0.6 is 11.6 Å². The Labute approximate surface area is 142 Å². The molecule has 0 heterocycles. The third-order valence-electron chi connectivity index (χ3n) is 3.78. The lowest BCUT2D eigenvalue weighted by atomic mass is 10.0. The highest BCUT2D eigenvalue weighted by Gasteiger charge is 1.99. The van der Waals surface area contributed by atoms with Crippen molar-refractivity contribution in [3.05, 3.63) is 46.6 Å². The number of hydrogen-bond acceptors (Lipinski definition) is 1. The summed E-state index contributed by atoms with van der Waals surface area (Å²) < 4.78 is 0. The van der Waals surface area contributed by atoms with Crippen LogP contribution in [0.5, 0.6) is 0 Å². The predicted octanol–water partition coefficient (Wildman–Crippen LogP) is 6.20. The normalized spacial score (nSPS) is 14.9. The highest BCUT2D eigenvalue weighted by Crippen LogP contribution is 2.13. The van der Waals surface area contributed by atoms with Gasteiger partial charge in [0.25, 0.3) is 0 Å². The van der Waals surface area contributed by atoms with Crippen molar-refractivity contribution in [2.24, 2.45) is 5.92 Å². The van der Waals surface area contributed by atoms with Crippen LogP contribution in [0.1, 0.15) is 60.3 Å². The largest absolute Gasteiger partial charge is 0.392 e. The van der Waals surface area contributed by atoms with Gasteiger partial charge in [-0.15, -0.1) is 11.6 Å². The van der Waals surface area contributed by atoms with Crippen LogP contribution in [-0.4, -0.2) is 17.6 Å². The molecule has 22 heavy (non-hydrogen) atoms. The van der Waals surface area contributed by atoms with Crippen LogP contribution in [0.4, 0.5) is 0 Å². The minimum Gasteiger partial charge on any atom is -0.392 e. The molecule has 0 spiro atoms. The first-order chi connectivity index (χ1) is 10.4. The van der Waals surface area contributed by atoms with E-state index in [4.69, 9.17) is 11.6 Å². The highest BCUT2D eigenvalue weighted by atomic mass is 35.5. The van der Waals surface area contributed by atoms with Crippen molar-refractivity contribution in [2.75, 3.05) is 12.5 Å². The van der Waals surface area contributed by atoms with Gasteiger partial charge in [-0.05, 0) is 57.9 Å². The molecule has 0 saturated heterocycles. The maximum atomic E-state index is 9.28. The van der Waals surface area contributed by atoms with Gasteiger partial charge in [0.15, 0.2) is 0 Å². The summed E-state index contributed by atoms with van der Waals surface area (Å²) in [6.45, 7) is 10.8. The van der Waals surface area contributed by atoms with Crippen LogP contribution in [-0.2, 0) is 0 Å². The second kappa shape index (κ2) is 12.7. The Morgan fingerprint density at radius 3 is 1.95 bits per heavy atom. The Morgan fingerprint density at radius 1 is 0.909 bits per heavy atom. The smallest absolute Gasteiger partial charge is 0.0647 e. The van der Waals surface area contributed by atoms with Gasteiger partial charge in [-0.25, -0.2) is 0 Å². The van der Waals surface area contributed by atoms with Gasteiger partial charge in [-0.3, -0.25) is 0 Å². The summed E-state index contributed by atoms with van der Waals surface area (Å²) in [6, 6.07) is 0. The molecular formula is C20H33ClO. The van der Waals surface area contributed by atoms with Crippen molar-refractivity contribution >= 4 is 11.6 Å². The van der Waals surface area contributed by atoms with Gasteiger partial charge in [-0.1, -0.05) is 54.9 Å². The SMILES string of the molecule is CC(=CCCC(C)=CCCC(C)=CC=C(CO)C(C)C)CCl. The average molecular weight is 325 g/mol. The number of halogens is 1. The Bertz CT molecular complexity index is 425. The Hall–Kier alpha value is -0.790. The van der Waals surface area contributed by atoms with Crippen LogP contribution in [0.25, 0.3) is 0 Å². The fourth-order valence-electron chi connectivity index (χ4n) is 2.01. The summed E-state index contributed by atoms with van der Waals surface area (Å²) in [5.41, 5.74) is 5.14. The topological polar surface area (TPSA) is 20.2 Å². The molecule has 2 heteroatoms. The fraction of sp³-hybridized carbons (Fsp3) is 0.600. The van der Waals surface area contributed by atoms with Crippen molar-refractivity contribution in [3.63, 3.8) is 0 Å². The van der Waals surface area contributed by atoms with Gasteiger partial charge < -0.3 is 5.11 Å². The van der Waals surface area contributed by atoms with Crippen LogP contribution in [0.15, 0.2) is 46.6 Å². The molecule has 1 N–H and O–H groups in total. The lowest BCUT2D eigenvalue weighted by Gasteiger charge is -2.06. The summed E-state index contributed by atoms with van der Waals surface area (Å²) in [7, 11) is 0. The molecule has 0 aliphatic heterocycles. The zero-order valence-electron chi connectivity index (χ0n) is 15.0. The molecule has 0 radical (unpaired) electrons. The van der Waals surface area contributed by atoms with Gasteiger partial charge in [-0.2, -0.15) is 0 Å². The summed E-state index contributed by atoms with van der Waals surface area (Å²) in [4.78, 5) is 0. The molecule has 0 unspecified atom stereocenters. The molecule has 0 aromatic carbocycles. The number of allylic oxidation sites excluding steroid dienone is 7. The minimum absolute atomic E-state index is 0.149. The van der Waals surface area contributed by atoms with E-state index in [2.05, 4.69) is 58.9 Å². The van der Waals surface area contributed by atoms with Crippen molar-refractivity contribution in [2.45, 2.75) is 60.3 Å². The Kier molecular flexibility index (Phi) is 12.3. The molecule has 0 fully saturated rings. The van der Waals surface area contributed by atoms with Gasteiger partial charge in [0.1, 0.15) is 0 Å². The molecular weight excluding hydrogens is 292 g/mol. The van der Waals surface area contributed by atoms with E-state index in [1.807, 2.05) is 0 Å². The van der Waals surface area contributed by atoms with E-state index >= 15 is 0 Å². The molecule has 126 valence electrons. The van der Waals surface area contributed by atoms with E-state index in [9.17, 15) is 5.11 Å². The summed E-state index contributed by atoms with van der Waals surface area (Å²) in [5, 5.41) is 9.28. The summed E-state index contributed by atoms with van der Waals surface area (Å²) >= 11 is 5.76. The Balaban J connectivity index is 4.24. The third kappa shape index (κ3) is 10.9. The molecule has 0 saturated carbocycles. The number of alkyl halides is 1. The standard InChI is InChI=1S/C20H33ClO/c1-16(2)20(15-22)13-12-18(4)10-6-8-17(3)9-7-11-19(5)14-21/h8,11-13,16,22H,6-7,9-10,14-15H2,1-5H3. The van der Waals surface area contributed by atoms with Crippen LogP contribution in [0, 0.1) is 5.92 Å². The number of aliphatic hydroxyl groups excluding tert-OH is 1. The average Bonchev–Trinajstić information content (AvgIpc) is 2.47. The van der Waals surface area contributed by atoms with Gasteiger partial charge in [0, 0.05) is 5.88 Å². The van der Waals surface area contributed by atoms with Crippen molar-refractivity contribution in [3.8, 4) is 0 Å². The van der Waals surface area contributed by atoms with Gasteiger partial charge in [0.2, 0.25) is 0 Å². The Morgan fingerprint density at radius 2 is 1.45 bits per heavy atom. The van der Waals surface area contributed by atoms with Crippen LogP contribution < -0.4 is 0 Å². The van der Waals surface area contributed by atoms with Crippen LogP contribution in [0.2, 0.25) is 0 Å². The number of hydrogen-bond donors (Lipinski definition) is 1. The first-order valence-corrected chi connectivity index (χ1v) is 8.78. The van der Waals surface area contributed by atoms with Gasteiger partial charge >= 0.3 is 0 Å². The van der Waals surface area contributed by atoms with Crippen LogP contribution in [0.3, 0.4) is 0 Å². The molecule has 0 atom stereocenters. The van der Waals surface area contributed by atoms with E-state index in [1.54, 1.807) is 0 Å². The van der Waals surface area contributed by atoms with E-state index in [0.29, 0.717) is 11.8 Å². The lowest BCUT2D eigenvalue weighted by Crippen LogP contribution is -1.98. The summed E-state index contributed by atoms with van der Waals surface area (Å²) in [5.74, 6) is 1.03. The molecule has 0 aliphatic carbocycles. The predicted molar refractivity (Wildman–Crippen MR) is 100 cm³/mol.